The van der Waals surface area contributed by atoms with E-state index in [0.717, 1.165) is 21.7 Å². The summed E-state index contributed by atoms with van der Waals surface area (Å²) in [6, 6.07) is 22.3. The van der Waals surface area contributed by atoms with Crippen molar-refractivity contribution in [2.45, 2.75) is 11.8 Å². The summed E-state index contributed by atoms with van der Waals surface area (Å²) in [6.07, 6.45) is 0. The Morgan fingerprint density at radius 3 is 2.34 bits per heavy atom. The van der Waals surface area contributed by atoms with Crippen molar-refractivity contribution in [2.75, 3.05) is 32.8 Å². The molecule has 1 amide bonds. The van der Waals surface area contributed by atoms with Gasteiger partial charge >= 0.3 is 0 Å². The molecule has 0 saturated carbocycles. The van der Waals surface area contributed by atoms with Crippen molar-refractivity contribution in [2.24, 2.45) is 5.16 Å². The highest BCUT2D eigenvalue weighted by molar-refractivity contribution is 7.89. The number of carbonyl (C=O) groups excluding carboxylic acids is 1. The number of piperazine rings is 1. The average molecular weight is 492 g/mol. The maximum atomic E-state index is 13.1. The molecule has 5 rings (SSSR count). The quantitative estimate of drug-likeness (QED) is 0.302. The molecule has 1 aromatic heterocycles. The number of rotatable bonds is 6. The zero-order valence-electron chi connectivity index (χ0n) is 19.3. The zero-order valence-corrected chi connectivity index (χ0v) is 20.1. The van der Waals surface area contributed by atoms with Crippen molar-refractivity contribution in [3.8, 4) is 0 Å². The summed E-state index contributed by atoms with van der Waals surface area (Å²) in [5.41, 5.74) is 1.28. The van der Waals surface area contributed by atoms with Crippen LogP contribution in [0.1, 0.15) is 12.7 Å². The molecule has 4 aromatic rings. The van der Waals surface area contributed by atoms with Gasteiger partial charge < -0.3 is 14.2 Å². The minimum absolute atomic E-state index is 0.224. The molecule has 0 aliphatic carbocycles. The monoisotopic (exact) mass is 491 g/mol. The molecule has 1 fully saturated rings. The van der Waals surface area contributed by atoms with Crippen LogP contribution in [0.3, 0.4) is 0 Å². The number of fused-ring (bicyclic) bond motifs is 2. The number of benzene rings is 3. The largest absolute Gasteiger partial charge is 0.455 e. The Hall–Kier alpha value is -3.69. The average Bonchev–Trinajstić information content (AvgIpc) is 3.33. The van der Waals surface area contributed by atoms with E-state index < -0.39 is 10.0 Å². The van der Waals surface area contributed by atoms with Gasteiger partial charge in [-0.1, -0.05) is 53.7 Å². The lowest BCUT2D eigenvalue weighted by molar-refractivity contribution is -0.137. The van der Waals surface area contributed by atoms with Crippen LogP contribution in [0, 0.1) is 0 Å². The number of carbonyl (C=O) groups is 1. The molecule has 1 aliphatic heterocycles. The van der Waals surface area contributed by atoms with E-state index in [2.05, 4.69) is 5.16 Å². The normalized spacial score (nSPS) is 15.6. The Balaban J connectivity index is 1.16. The van der Waals surface area contributed by atoms with Crippen molar-refractivity contribution >= 4 is 43.4 Å². The van der Waals surface area contributed by atoms with Crippen molar-refractivity contribution in [3.63, 3.8) is 0 Å². The van der Waals surface area contributed by atoms with Crippen LogP contribution < -0.4 is 0 Å². The van der Waals surface area contributed by atoms with Gasteiger partial charge in [-0.15, -0.1) is 0 Å². The van der Waals surface area contributed by atoms with Crippen molar-refractivity contribution in [1.82, 2.24) is 9.21 Å². The van der Waals surface area contributed by atoms with Crippen LogP contribution in [0.25, 0.3) is 21.7 Å². The second kappa shape index (κ2) is 9.52. The summed E-state index contributed by atoms with van der Waals surface area (Å²) in [7, 11) is -3.64. The number of amides is 1. The second-order valence-corrected chi connectivity index (χ2v) is 10.3. The number of hydrogen-bond acceptors (Lipinski definition) is 6. The van der Waals surface area contributed by atoms with Gasteiger partial charge in [0.15, 0.2) is 12.4 Å². The Labute approximate surface area is 203 Å². The van der Waals surface area contributed by atoms with Gasteiger partial charge in [-0.3, -0.25) is 4.79 Å². The second-order valence-electron chi connectivity index (χ2n) is 8.39. The van der Waals surface area contributed by atoms with E-state index in [4.69, 9.17) is 9.25 Å². The first-order chi connectivity index (χ1) is 16.9. The summed E-state index contributed by atoms with van der Waals surface area (Å²) in [5, 5.41) is 6.83. The first-order valence-electron chi connectivity index (χ1n) is 11.3. The predicted octanol–water partition coefficient (Wildman–Crippen LogP) is 3.86. The zero-order chi connectivity index (χ0) is 24.4. The van der Waals surface area contributed by atoms with Gasteiger partial charge in [0.1, 0.15) is 11.3 Å². The topological polar surface area (TPSA) is 92.4 Å². The van der Waals surface area contributed by atoms with Crippen molar-refractivity contribution in [3.05, 3.63) is 78.6 Å². The standard InChI is InChI=1S/C26H25N3O5S/c1-19(25-17-22-8-4-5-9-24(22)34-25)27-33-18-26(30)28-12-14-29(15-13-28)35(31,32)23-11-10-20-6-2-3-7-21(20)16-23/h2-11,16-17H,12-15,18H2,1H3/b27-19+. The number of oxime groups is 1. The number of sulfonamides is 1. The lowest BCUT2D eigenvalue weighted by Gasteiger charge is -2.33. The van der Waals surface area contributed by atoms with Crippen LogP contribution in [-0.2, 0) is 19.7 Å². The molecule has 0 N–H and O–H groups in total. The maximum absolute atomic E-state index is 13.1. The van der Waals surface area contributed by atoms with Crippen LogP contribution in [0.4, 0.5) is 0 Å². The molecule has 0 unspecified atom stereocenters. The highest BCUT2D eigenvalue weighted by Crippen LogP contribution is 2.23. The van der Waals surface area contributed by atoms with E-state index in [9.17, 15) is 13.2 Å². The number of hydrogen-bond donors (Lipinski definition) is 0. The summed E-state index contributed by atoms with van der Waals surface area (Å²) >= 11 is 0. The molecule has 8 nitrogen and oxygen atoms in total. The lowest BCUT2D eigenvalue weighted by atomic mass is 10.1. The predicted molar refractivity (Wildman–Crippen MR) is 134 cm³/mol. The SMILES string of the molecule is C/C(=N\OCC(=O)N1CCN(S(=O)(=O)c2ccc3ccccc3c2)CC1)c1cc2ccccc2o1. The molecule has 0 atom stereocenters. The molecule has 1 aliphatic rings. The molecule has 3 aromatic carbocycles. The van der Waals surface area contributed by atoms with Crippen LogP contribution in [-0.4, -0.2) is 62.0 Å². The van der Waals surface area contributed by atoms with Crippen molar-refractivity contribution in [1.29, 1.82) is 0 Å². The van der Waals surface area contributed by atoms with Gasteiger partial charge in [-0.25, -0.2) is 8.42 Å². The number of furan rings is 1. The maximum Gasteiger partial charge on any atom is 0.263 e. The Morgan fingerprint density at radius 1 is 0.914 bits per heavy atom. The molecular formula is C26H25N3O5S. The Morgan fingerprint density at radius 2 is 1.60 bits per heavy atom. The first-order valence-corrected chi connectivity index (χ1v) is 12.8. The highest BCUT2D eigenvalue weighted by atomic mass is 32.2. The summed E-state index contributed by atoms with van der Waals surface area (Å²) < 4.78 is 33.4. The van der Waals surface area contributed by atoms with Gasteiger partial charge in [0.05, 0.1) is 4.90 Å². The number of nitrogens with zero attached hydrogens (tertiary/aromatic N) is 3. The third-order valence-corrected chi connectivity index (χ3v) is 8.02. The molecule has 2 heterocycles. The van der Waals surface area contributed by atoms with Gasteiger partial charge in [0, 0.05) is 31.6 Å². The van der Waals surface area contributed by atoms with Crippen LogP contribution in [0.2, 0.25) is 0 Å². The highest BCUT2D eigenvalue weighted by Gasteiger charge is 2.30. The van der Waals surface area contributed by atoms with Crippen LogP contribution in [0.15, 0.2) is 87.3 Å². The molecule has 0 spiro atoms. The fourth-order valence-corrected chi connectivity index (χ4v) is 5.59. The fraction of sp³-hybridized carbons (Fsp3) is 0.231. The van der Waals surface area contributed by atoms with Crippen LogP contribution >= 0.6 is 0 Å². The Bertz CT molecular complexity index is 1490. The van der Waals surface area contributed by atoms with E-state index in [1.165, 1.54) is 4.31 Å². The molecular weight excluding hydrogens is 466 g/mol. The van der Waals surface area contributed by atoms with Gasteiger partial charge in [-0.05, 0) is 42.0 Å². The molecule has 0 radical (unpaired) electrons. The molecule has 180 valence electrons. The van der Waals surface area contributed by atoms with E-state index in [1.54, 1.807) is 24.0 Å². The fourth-order valence-electron chi connectivity index (χ4n) is 4.14. The van der Waals surface area contributed by atoms with Gasteiger partial charge in [-0.2, -0.15) is 4.31 Å². The minimum atomic E-state index is -3.64. The molecule has 0 bridgehead atoms. The van der Waals surface area contributed by atoms with E-state index in [0.29, 0.717) is 24.6 Å². The van der Waals surface area contributed by atoms with E-state index in [1.807, 2.05) is 60.7 Å². The van der Waals surface area contributed by atoms with Gasteiger partial charge in [0.2, 0.25) is 10.0 Å². The number of para-hydroxylation sites is 1. The smallest absolute Gasteiger partial charge is 0.263 e. The third kappa shape index (κ3) is 4.78. The molecule has 9 heteroatoms. The van der Waals surface area contributed by atoms with Crippen molar-refractivity contribution < 1.29 is 22.5 Å². The third-order valence-electron chi connectivity index (χ3n) is 6.12. The van der Waals surface area contributed by atoms with E-state index >= 15 is 0 Å². The summed E-state index contributed by atoms with van der Waals surface area (Å²) in [6.45, 7) is 2.56. The summed E-state index contributed by atoms with van der Waals surface area (Å²) in [5.74, 6) is 0.333. The minimum Gasteiger partial charge on any atom is -0.455 e. The Kier molecular flexibility index (Phi) is 6.27. The summed E-state index contributed by atoms with van der Waals surface area (Å²) in [4.78, 5) is 19.7. The van der Waals surface area contributed by atoms with E-state index in [-0.39, 0.29) is 30.5 Å². The first kappa shape index (κ1) is 23.1. The van der Waals surface area contributed by atoms with Gasteiger partial charge in [0.25, 0.3) is 5.91 Å². The molecule has 35 heavy (non-hydrogen) atoms. The lowest BCUT2D eigenvalue weighted by Crippen LogP contribution is -2.51. The molecule has 1 saturated heterocycles. The van der Waals surface area contributed by atoms with Crippen LogP contribution in [0.5, 0.6) is 0 Å².